The summed E-state index contributed by atoms with van der Waals surface area (Å²) in [6.07, 6.45) is 0. The molecule has 0 heterocycles. The fourth-order valence-electron chi connectivity index (χ4n) is 1.94. The van der Waals surface area contributed by atoms with Gasteiger partial charge in [0.15, 0.2) is 5.11 Å². The van der Waals surface area contributed by atoms with Crippen molar-refractivity contribution in [3.05, 3.63) is 42.0 Å². The normalized spacial score (nSPS) is 11.4. The number of fused-ring (bicyclic) bond motifs is 1. The minimum atomic E-state index is 0.237. The minimum absolute atomic E-state index is 0.237. The molecule has 4 nitrogen and oxygen atoms in total. The number of nitrogens with zero attached hydrogens (tertiary/aromatic N) is 1. The molecule has 2 aromatic rings. The van der Waals surface area contributed by atoms with Crippen molar-refractivity contribution in [3.8, 4) is 5.75 Å². The molecule has 0 saturated heterocycles. The lowest BCUT2D eigenvalue weighted by Gasteiger charge is -2.09. The first-order valence-electron chi connectivity index (χ1n) is 6.42. The number of hydrazone groups is 1. The number of thiocarbonyl (C=S) groups is 1. The number of nitrogens with one attached hydrogen (secondary N) is 2. The van der Waals surface area contributed by atoms with Crippen LogP contribution in [-0.4, -0.2) is 22.5 Å². The molecule has 0 radical (unpaired) electrons. The molecule has 0 saturated carbocycles. The smallest absolute Gasteiger partial charge is 0.186 e. The molecule has 0 aromatic heterocycles. The minimum Gasteiger partial charge on any atom is -0.507 e. The van der Waals surface area contributed by atoms with Crippen molar-refractivity contribution in [2.24, 2.45) is 5.10 Å². The summed E-state index contributed by atoms with van der Waals surface area (Å²) < 4.78 is 0. The molecule has 0 spiro atoms. The molecule has 0 amide bonds. The first-order valence-corrected chi connectivity index (χ1v) is 6.83. The Bertz CT molecular complexity index is 667. The van der Waals surface area contributed by atoms with Crippen LogP contribution in [0.4, 0.5) is 0 Å². The zero-order chi connectivity index (χ0) is 14.5. The molecule has 5 heteroatoms. The summed E-state index contributed by atoms with van der Waals surface area (Å²) in [5, 5.41) is 19.7. The predicted octanol–water partition coefficient (Wildman–Crippen LogP) is 2.75. The van der Waals surface area contributed by atoms with Gasteiger partial charge < -0.3 is 10.4 Å². The van der Waals surface area contributed by atoms with E-state index in [9.17, 15) is 5.11 Å². The maximum absolute atomic E-state index is 10.3. The van der Waals surface area contributed by atoms with Crippen molar-refractivity contribution in [1.29, 1.82) is 0 Å². The summed E-state index contributed by atoms with van der Waals surface area (Å²) >= 11 is 5.04. The second-order valence-corrected chi connectivity index (χ2v) is 4.76. The van der Waals surface area contributed by atoms with Crippen LogP contribution in [0.1, 0.15) is 19.4 Å². The summed E-state index contributed by atoms with van der Waals surface area (Å²) in [6.45, 7) is 4.52. The molecule has 0 aliphatic rings. The van der Waals surface area contributed by atoms with E-state index in [4.69, 9.17) is 12.2 Å². The third-order valence-corrected chi connectivity index (χ3v) is 3.19. The molecule has 0 aliphatic carbocycles. The Morgan fingerprint density at radius 3 is 2.75 bits per heavy atom. The number of rotatable bonds is 3. The lowest BCUT2D eigenvalue weighted by molar-refractivity contribution is 0.480. The van der Waals surface area contributed by atoms with Gasteiger partial charge in [-0.3, -0.25) is 5.43 Å². The Hall–Kier alpha value is -2.14. The van der Waals surface area contributed by atoms with Crippen molar-refractivity contribution in [2.45, 2.75) is 13.8 Å². The van der Waals surface area contributed by atoms with Gasteiger partial charge in [0.2, 0.25) is 0 Å². The number of phenols is 1. The van der Waals surface area contributed by atoms with Gasteiger partial charge in [-0.25, -0.2) is 0 Å². The molecular weight excluding hydrogens is 270 g/mol. The van der Waals surface area contributed by atoms with Gasteiger partial charge in [0, 0.05) is 17.5 Å². The van der Waals surface area contributed by atoms with Crippen LogP contribution in [0, 0.1) is 0 Å². The van der Waals surface area contributed by atoms with Gasteiger partial charge in [0.25, 0.3) is 0 Å². The highest BCUT2D eigenvalue weighted by Crippen LogP contribution is 2.28. The van der Waals surface area contributed by atoms with Crippen molar-refractivity contribution in [1.82, 2.24) is 10.7 Å². The van der Waals surface area contributed by atoms with E-state index < -0.39 is 0 Å². The van der Waals surface area contributed by atoms with Crippen LogP contribution >= 0.6 is 12.2 Å². The lowest BCUT2D eigenvalue weighted by atomic mass is 10.0. The van der Waals surface area contributed by atoms with Gasteiger partial charge in [-0.05, 0) is 37.5 Å². The molecule has 104 valence electrons. The average molecular weight is 287 g/mol. The average Bonchev–Trinajstić information content (AvgIpc) is 2.46. The molecule has 0 aliphatic heterocycles. The molecule has 20 heavy (non-hydrogen) atoms. The van der Waals surface area contributed by atoms with E-state index in [2.05, 4.69) is 15.8 Å². The first-order chi connectivity index (χ1) is 9.63. The fourth-order valence-corrected chi connectivity index (χ4v) is 2.13. The molecule has 2 aromatic carbocycles. The molecule has 3 N–H and O–H groups in total. The number of phenolic OH excluding ortho intramolecular Hbond substituents is 1. The summed E-state index contributed by atoms with van der Waals surface area (Å²) in [7, 11) is 0. The van der Waals surface area contributed by atoms with Crippen molar-refractivity contribution in [3.63, 3.8) is 0 Å². The number of hydrogen-bond donors (Lipinski definition) is 3. The van der Waals surface area contributed by atoms with Crippen LogP contribution in [0.15, 0.2) is 41.5 Å². The molecular formula is C15H17N3OS. The Morgan fingerprint density at radius 2 is 2.00 bits per heavy atom. The van der Waals surface area contributed by atoms with Crippen LogP contribution in [0.25, 0.3) is 10.8 Å². The van der Waals surface area contributed by atoms with E-state index in [1.165, 1.54) is 0 Å². The van der Waals surface area contributed by atoms with Gasteiger partial charge in [-0.1, -0.05) is 30.3 Å². The Morgan fingerprint density at radius 1 is 1.25 bits per heavy atom. The summed E-state index contributed by atoms with van der Waals surface area (Å²) in [5.41, 5.74) is 4.12. The first kappa shape index (κ1) is 14.3. The highest BCUT2D eigenvalue weighted by Gasteiger charge is 2.08. The number of benzene rings is 2. The second kappa shape index (κ2) is 6.34. The molecule has 0 atom stereocenters. The highest BCUT2D eigenvalue weighted by atomic mass is 32.1. The van der Waals surface area contributed by atoms with E-state index in [0.29, 0.717) is 16.4 Å². The maximum atomic E-state index is 10.3. The van der Waals surface area contributed by atoms with Crippen LogP contribution in [0.5, 0.6) is 5.75 Å². The second-order valence-electron chi connectivity index (χ2n) is 4.35. The van der Waals surface area contributed by atoms with Crippen LogP contribution < -0.4 is 10.7 Å². The van der Waals surface area contributed by atoms with E-state index in [1.807, 2.05) is 50.2 Å². The molecule has 0 unspecified atom stereocenters. The van der Waals surface area contributed by atoms with Gasteiger partial charge in [0.1, 0.15) is 5.75 Å². The summed E-state index contributed by atoms with van der Waals surface area (Å²) in [6, 6.07) is 11.5. The largest absolute Gasteiger partial charge is 0.507 e. The van der Waals surface area contributed by atoms with Crippen LogP contribution in [0.2, 0.25) is 0 Å². The molecule has 2 rings (SSSR count). The molecule has 0 fully saturated rings. The predicted molar refractivity (Wildman–Crippen MR) is 87.2 cm³/mol. The van der Waals surface area contributed by atoms with E-state index in [0.717, 1.165) is 17.3 Å². The number of aromatic hydroxyl groups is 1. The third kappa shape index (κ3) is 3.05. The monoisotopic (exact) mass is 287 g/mol. The summed E-state index contributed by atoms with van der Waals surface area (Å²) in [4.78, 5) is 0. The van der Waals surface area contributed by atoms with E-state index >= 15 is 0 Å². The third-order valence-electron chi connectivity index (χ3n) is 2.95. The van der Waals surface area contributed by atoms with Crippen LogP contribution in [0.3, 0.4) is 0 Å². The lowest BCUT2D eigenvalue weighted by Crippen LogP contribution is -2.32. The zero-order valence-corrected chi connectivity index (χ0v) is 12.3. The topological polar surface area (TPSA) is 56.7 Å². The molecule has 0 bridgehead atoms. The fraction of sp³-hybridized carbons (Fsp3) is 0.200. The highest BCUT2D eigenvalue weighted by molar-refractivity contribution is 7.80. The Labute approximate surface area is 123 Å². The quantitative estimate of drug-likeness (QED) is 0.461. The summed E-state index contributed by atoms with van der Waals surface area (Å²) in [5.74, 6) is 0.237. The zero-order valence-electron chi connectivity index (χ0n) is 11.5. The van der Waals surface area contributed by atoms with Gasteiger partial charge in [-0.15, -0.1) is 0 Å². The standard InChI is InChI=1S/C15H17N3OS/c1-3-16-15(20)18-17-10(2)12-9-8-11-6-4-5-7-13(11)14(12)19/h4-9,19H,3H2,1-2H3,(H2,16,18,20)/b17-10+. The Balaban J connectivity index is 2.30. The van der Waals surface area contributed by atoms with Gasteiger partial charge in [0.05, 0.1) is 5.71 Å². The Kier molecular flexibility index (Phi) is 4.53. The van der Waals surface area contributed by atoms with Crippen LogP contribution in [-0.2, 0) is 0 Å². The van der Waals surface area contributed by atoms with Crippen molar-refractivity contribution < 1.29 is 5.11 Å². The van der Waals surface area contributed by atoms with E-state index in [1.54, 1.807) is 0 Å². The SMILES string of the molecule is CCNC(=S)N/N=C(\C)c1ccc2ccccc2c1O. The van der Waals surface area contributed by atoms with Crippen molar-refractivity contribution >= 4 is 33.8 Å². The van der Waals surface area contributed by atoms with Gasteiger partial charge >= 0.3 is 0 Å². The van der Waals surface area contributed by atoms with E-state index in [-0.39, 0.29) is 5.75 Å². The van der Waals surface area contributed by atoms with Crippen molar-refractivity contribution in [2.75, 3.05) is 6.54 Å². The van der Waals surface area contributed by atoms with Gasteiger partial charge in [-0.2, -0.15) is 5.10 Å². The number of hydrogen-bond acceptors (Lipinski definition) is 3. The maximum Gasteiger partial charge on any atom is 0.186 e.